The van der Waals surface area contributed by atoms with Crippen LogP contribution in [-0.4, -0.2) is 15.4 Å². The maximum Gasteiger partial charge on any atom is 0.174 e. The highest BCUT2D eigenvalue weighted by molar-refractivity contribution is 8.01. The Balaban J connectivity index is 1.74. The highest BCUT2D eigenvalue weighted by Gasteiger charge is 2.20. The Morgan fingerprint density at radius 3 is 3.05 bits per heavy atom. The molecular formula is C13H12N4S2. The fourth-order valence-electron chi connectivity index (χ4n) is 1.72. The van der Waals surface area contributed by atoms with Crippen molar-refractivity contribution in [1.82, 2.24) is 14.7 Å². The molecule has 0 amide bonds. The molecule has 1 aromatic carbocycles. The summed E-state index contributed by atoms with van der Waals surface area (Å²) in [7, 11) is 0. The van der Waals surface area contributed by atoms with Gasteiger partial charge in [-0.15, -0.1) is 0 Å². The molecule has 1 aliphatic rings. The van der Waals surface area contributed by atoms with Crippen LogP contribution in [0.15, 0.2) is 33.8 Å². The Morgan fingerprint density at radius 2 is 2.37 bits per heavy atom. The molecule has 1 aliphatic carbocycles. The summed E-state index contributed by atoms with van der Waals surface area (Å²) in [6.07, 6.45) is 4.08. The molecule has 1 aromatic heterocycles. The standard InChI is InChI=1S/C13H12N4S2/c14-6-10-5-9(7-15-11-2-3-11)1-4-12(10)18-13-16-8-17-19-13/h1,4-5,8,11,15H,2-3,7H2. The van der Waals surface area contributed by atoms with Crippen molar-refractivity contribution in [2.45, 2.75) is 34.7 Å². The minimum atomic E-state index is 0.681. The Bertz CT molecular complexity index is 600. The highest BCUT2D eigenvalue weighted by atomic mass is 32.2. The molecule has 0 unspecified atom stereocenters. The van der Waals surface area contributed by atoms with Crippen LogP contribution in [0.3, 0.4) is 0 Å². The van der Waals surface area contributed by atoms with Crippen molar-refractivity contribution >= 4 is 23.3 Å². The van der Waals surface area contributed by atoms with Crippen molar-refractivity contribution in [3.63, 3.8) is 0 Å². The molecule has 1 heterocycles. The molecule has 4 nitrogen and oxygen atoms in total. The molecule has 0 bridgehead atoms. The van der Waals surface area contributed by atoms with E-state index in [4.69, 9.17) is 0 Å². The summed E-state index contributed by atoms with van der Waals surface area (Å²) in [6, 6.07) is 8.96. The zero-order valence-corrected chi connectivity index (χ0v) is 11.8. The van der Waals surface area contributed by atoms with E-state index in [0.717, 1.165) is 21.3 Å². The maximum absolute atomic E-state index is 9.24. The van der Waals surface area contributed by atoms with Crippen LogP contribution in [0.2, 0.25) is 0 Å². The van der Waals surface area contributed by atoms with E-state index in [0.29, 0.717) is 11.6 Å². The van der Waals surface area contributed by atoms with Crippen molar-refractivity contribution in [2.24, 2.45) is 0 Å². The van der Waals surface area contributed by atoms with Gasteiger partial charge in [0.15, 0.2) is 4.34 Å². The first kappa shape index (κ1) is 12.6. The predicted molar refractivity (Wildman–Crippen MR) is 75.1 cm³/mol. The van der Waals surface area contributed by atoms with E-state index in [1.807, 2.05) is 12.1 Å². The van der Waals surface area contributed by atoms with Gasteiger partial charge in [-0.25, -0.2) is 4.98 Å². The smallest absolute Gasteiger partial charge is 0.174 e. The monoisotopic (exact) mass is 288 g/mol. The van der Waals surface area contributed by atoms with E-state index in [1.165, 1.54) is 42.5 Å². The van der Waals surface area contributed by atoms with Crippen LogP contribution in [0.5, 0.6) is 0 Å². The number of benzene rings is 1. The van der Waals surface area contributed by atoms with Crippen molar-refractivity contribution in [2.75, 3.05) is 0 Å². The average Bonchev–Trinajstić information content (AvgIpc) is 3.13. The summed E-state index contributed by atoms with van der Waals surface area (Å²) in [6.45, 7) is 0.836. The van der Waals surface area contributed by atoms with Gasteiger partial charge < -0.3 is 5.32 Å². The second kappa shape index (κ2) is 5.70. The van der Waals surface area contributed by atoms with E-state index in [2.05, 4.69) is 26.8 Å². The third-order valence-electron chi connectivity index (χ3n) is 2.87. The quantitative estimate of drug-likeness (QED) is 0.916. The van der Waals surface area contributed by atoms with Gasteiger partial charge in [-0.05, 0) is 42.1 Å². The number of aromatic nitrogens is 2. The highest BCUT2D eigenvalue weighted by Crippen LogP contribution is 2.31. The zero-order chi connectivity index (χ0) is 13.1. The molecule has 1 saturated carbocycles. The SMILES string of the molecule is N#Cc1cc(CNC2CC2)ccc1Sc1ncns1. The van der Waals surface area contributed by atoms with E-state index in [1.54, 1.807) is 0 Å². The van der Waals surface area contributed by atoms with Gasteiger partial charge in [0.25, 0.3) is 0 Å². The minimum absolute atomic E-state index is 0.681. The Hall–Kier alpha value is -1.42. The van der Waals surface area contributed by atoms with Crippen LogP contribution in [-0.2, 0) is 6.54 Å². The van der Waals surface area contributed by atoms with E-state index in [9.17, 15) is 5.26 Å². The lowest BCUT2D eigenvalue weighted by Gasteiger charge is -2.06. The van der Waals surface area contributed by atoms with Crippen molar-refractivity contribution in [3.05, 3.63) is 35.7 Å². The van der Waals surface area contributed by atoms with Crippen molar-refractivity contribution in [1.29, 1.82) is 5.26 Å². The molecule has 2 aromatic rings. The number of nitrogens with zero attached hydrogens (tertiary/aromatic N) is 3. The molecule has 1 fully saturated rings. The fourth-order valence-corrected chi connectivity index (χ4v) is 3.18. The number of rotatable bonds is 5. The van der Waals surface area contributed by atoms with Gasteiger partial charge >= 0.3 is 0 Å². The molecular weight excluding hydrogens is 276 g/mol. The number of nitriles is 1. The van der Waals surface area contributed by atoms with E-state index < -0.39 is 0 Å². The summed E-state index contributed by atoms with van der Waals surface area (Å²) in [5.41, 5.74) is 1.86. The lowest BCUT2D eigenvalue weighted by atomic mass is 10.1. The molecule has 0 saturated heterocycles. The lowest BCUT2D eigenvalue weighted by Crippen LogP contribution is -2.15. The second-order valence-electron chi connectivity index (χ2n) is 4.41. The van der Waals surface area contributed by atoms with Gasteiger partial charge in [0.1, 0.15) is 12.4 Å². The van der Waals surface area contributed by atoms with Crippen LogP contribution in [0.4, 0.5) is 0 Å². The third-order valence-corrected chi connectivity index (χ3v) is 4.67. The molecule has 0 spiro atoms. The van der Waals surface area contributed by atoms with Gasteiger partial charge in [0.05, 0.1) is 5.56 Å². The van der Waals surface area contributed by atoms with E-state index in [-0.39, 0.29) is 0 Å². The van der Waals surface area contributed by atoms with Gasteiger partial charge in [-0.1, -0.05) is 17.8 Å². The van der Waals surface area contributed by atoms with Crippen LogP contribution in [0.1, 0.15) is 24.0 Å². The third kappa shape index (κ3) is 3.32. The Kier molecular flexibility index (Phi) is 3.78. The molecule has 19 heavy (non-hydrogen) atoms. The summed E-state index contributed by atoms with van der Waals surface area (Å²) >= 11 is 2.84. The maximum atomic E-state index is 9.24. The van der Waals surface area contributed by atoms with Crippen LogP contribution in [0.25, 0.3) is 0 Å². The number of nitrogens with one attached hydrogen (secondary N) is 1. The predicted octanol–water partition coefficient (Wildman–Crippen LogP) is 2.81. The van der Waals surface area contributed by atoms with Gasteiger partial charge in [0, 0.05) is 17.5 Å². The lowest BCUT2D eigenvalue weighted by molar-refractivity contribution is 0.687. The molecule has 0 atom stereocenters. The molecule has 6 heteroatoms. The summed E-state index contributed by atoms with van der Waals surface area (Å²) in [5, 5.41) is 12.7. The second-order valence-corrected chi connectivity index (χ2v) is 6.48. The van der Waals surface area contributed by atoms with Crippen LogP contribution < -0.4 is 5.32 Å². The molecule has 3 rings (SSSR count). The van der Waals surface area contributed by atoms with Crippen molar-refractivity contribution < 1.29 is 0 Å². The Morgan fingerprint density at radius 1 is 1.47 bits per heavy atom. The molecule has 96 valence electrons. The zero-order valence-electron chi connectivity index (χ0n) is 10.2. The Labute approximate surface area is 120 Å². The first-order chi connectivity index (χ1) is 9.35. The van der Waals surface area contributed by atoms with E-state index >= 15 is 0 Å². The number of hydrogen-bond acceptors (Lipinski definition) is 6. The summed E-state index contributed by atoms with van der Waals surface area (Å²) in [4.78, 5) is 5.07. The largest absolute Gasteiger partial charge is 0.310 e. The minimum Gasteiger partial charge on any atom is -0.310 e. The van der Waals surface area contributed by atoms with Gasteiger partial charge in [-0.2, -0.15) is 9.64 Å². The fraction of sp³-hybridized carbons (Fsp3) is 0.308. The number of hydrogen-bond donors (Lipinski definition) is 1. The van der Waals surface area contributed by atoms with Crippen LogP contribution in [0, 0.1) is 11.3 Å². The normalized spacial score (nSPS) is 14.3. The van der Waals surface area contributed by atoms with Crippen LogP contribution >= 0.6 is 23.3 Å². The summed E-state index contributed by atoms with van der Waals surface area (Å²) < 4.78 is 4.83. The topological polar surface area (TPSA) is 61.6 Å². The molecule has 0 aliphatic heterocycles. The first-order valence-corrected chi connectivity index (χ1v) is 7.65. The molecule has 0 radical (unpaired) electrons. The molecule has 1 N–H and O–H groups in total. The van der Waals surface area contributed by atoms with Gasteiger partial charge in [-0.3, -0.25) is 0 Å². The summed E-state index contributed by atoms with van der Waals surface area (Å²) in [5.74, 6) is 0. The average molecular weight is 288 g/mol. The van der Waals surface area contributed by atoms with Crippen molar-refractivity contribution in [3.8, 4) is 6.07 Å². The van der Waals surface area contributed by atoms with Gasteiger partial charge in [0.2, 0.25) is 0 Å². The first-order valence-electron chi connectivity index (χ1n) is 6.06.